The highest BCUT2D eigenvalue weighted by Gasteiger charge is 2.33. The van der Waals surface area contributed by atoms with Gasteiger partial charge in [0.15, 0.2) is 0 Å². The normalized spacial score (nSPS) is 13.2. The molecule has 2 N–H and O–H groups in total. The Hall–Kier alpha value is -3.15. The molecule has 116 valence electrons. The van der Waals surface area contributed by atoms with Crippen LogP contribution in [0.3, 0.4) is 0 Å². The fourth-order valence-corrected chi connectivity index (χ4v) is 2.45. The first-order chi connectivity index (χ1) is 10.9. The van der Waals surface area contributed by atoms with Gasteiger partial charge in [0.05, 0.1) is 16.8 Å². The number of nitrogens with zero attached hydrogens (tertiary/aromatic N) is 1. The summed E-state index contributed by atoms with van der Waals surface area (Å²) in [5.74, 6) is -1.33. The Labute approximate surface area is 132 Å². The molecular formula is C17H14N2O4. The van der Waals surface area contributed by atoms with Crippen LogP contribution in [0.4, 0.5) is 5.69 Å². The predicted octanol–water partition coefficient (Wildman–Crippen LogP) is 2.18. The van der Waals surface area contributed by atoms with Crippen molar-refractivity contribution in [3.63, 3.8) is 0 Å². The van der Waals surface area contributed by atoms with Gasteiger partial charge in [0.1, 0.15) is 5.75 Å². The van der Waals surface area contributed by atoms with E-state index in [1.165, 1.54) is 31.3 Å². The molecule has 2 aromatic carbocycles. The Morgan fingerprint density at radius 3 is 2.48 bits per heavy atom. The molecule has 0 fully saturated rings. The number of nitrogens with one attached hydrogen (secondary N) is 1. The van der Waals surface area contributed by atoms with Crippen LogP contribution in [0.5, 0.6) is 5.75 Å². The van der Waals surface area contributed by atoms with Crippen LogP contribution in [0.25, 0.3) is 0 Å². The number of amides is 3. The number of hydrogen-bond donors (Lipinski definition) is 2. The molecule has 0 saturated heterocycles. The van der Waals surface area contributed by atoms with E-state index in [1.54, 1.807) is 12.1 Å². The van der Waals surface area contributed by atoms with Crippen molar-refractivity contribution in [2.24, 2.45) is 0 Å². The minimum absolute atomic E-state index is 0.0453. The number of hydrogen-bond acceptors (Lipinski definition) is 4. The molecule has 0 spiro atoms. The van der Waals surface area contributed by atoms with Gasteiger partial charge in [0.2, 0.25) is 0 Å². The molecular weight excluding hydrogens is 296 g/mol. The number of anilines is 1. The average molecular weight is 310 g/mol. The topological polar surface area (TPSA) is 86.7 Å². The van der Waals surface area contributed by atoms with E-state index >= 15 is 0 Å². The van der Waals surface area contributed by atoms with E-state index < -0.39 is 11.8 Å². The van der Waals surface area contributed by atoms with Gasteiger partial charge in [-0.15, -0.1) is 0 Å². The van der Waals surface area contributed by atoms with Crippen LogP contribution in [0.2, 0.25) is 0 Å². The molecule has 3 amide bonds. The molecule has 0 unspecified atom stereocenters. The van der Waals surface area contributed by atoms with Crippen LogP contribution < -0.4 is 5.32 Å². The van der Waals surface area contributed by atoms with E-state index in [-0.39, 0.29) is 34.0 Å². The summed E-state index contributed by atoms with van der Waals surface area (Å²) in [6.45, 7) is 1.84. The Morgan fingerprint density at radius 2 is 1.74 bits per heavy atom. The highest BCUT2D eigenvalue weighted by atomic mass is 16.3. The smallest absolute Gasteiger partial charge is 0.261 e. The van der Waals surface area contributed by atoms with Crippen LogP contribution in [0.15, 0.2) is 36.4 Å². The molecule has 2 aromatic rings. The maximum Gasteiger partial charge on any atom is 0.261 e. The van der Waals surface area contributed by atoms with Crippen molar-refractivity contribution in [2.75, 3.05) is 12.4 Å². The van der Waals surface area contributed by atoms with Crippen LogP contribution in [-0.2, 0) is 0 Å². The fourth-order valence-electron chi connectivity index (χ4n) is 2.45. The zero-order valence-electron chi connectivity index (χ0n) is 12.6. The number of carbonyl (C=O) groups is 3. The maximum atomic E-state index is 12.3. The third-order valence-electron chi connectivity index (χ3n) is 3.75. The number of imide groups is 1. The van der Waals surface area contributed by atoms with E-state index in [2.05, 4.69) is 5.32 Å². The Kier molecular flexibility index (Phi) is 3.37. The Bertz CT molecular complexity index is 858. The molecule has 0 aliphatic carbocycles. The number of aryl methyl sites for hydroxylation is 1. The van der Waals surface area contributed by atoms with Gasteiger partial charge in [-0.05, 0) is 42.8 Å². The van der Waals surface area contributed by atoms with Gasteiger partial charge in [-0.25, -0.2) is 0 Å². The van der Waals surface area contributed by atoms with Crippen LogP contribution in [0.1, 0.15) is 36.6 Å². The van der Waals surface area contributed by atoms with Crippen LogP contribution in [0, 0.1) is 6.92 Å². The van der Waals surface area contributed by atoms with Crippen molar-refractivity contribution >= 4 is 23.4 Å². The minimum atomic E-state index is -0.469. The highest BCUT2D eigenvalue weighted by Crippen LogP contribution is 2.26. The molecule has 1 aliphatic rings. The van der Waals surface area contributed by atoms with E-state index in [4.69, 9.17) is 0 Å². The lowest BCUT2D eigenvalue weighted by Crippen LogP contribution is -2.24. The van der Waals surface area contributed by atoms with Crippen LogP contribution in [-0.4, -0.2) is 34.8 Å². The third kappa shape index (κ3) is 2.44. The number of phenols is 1. The first-order valence-electron chi connectivity index (χ1n) is 6.96. The first-order valence-corrected chi connectivity index (χ1v) is 6.96. The lowest BCUT2D eigenvalue weighted by atomic mass is 10.1. The summed E-state index contributed by atoms with van der Waals surface area (Å²) < 4.78 is 0. The van der Waals surface area contributed by atoms with E-state index in [1.807, 2.05) is 6.92 Å². The monoisotopic (exact) mass is 310 g/mol. The Balaban J connectivity index is 1.92. The summed E-state index contributed by atoms with van der Waals surface area (Å²) in [7, 11) is 1.40. The third-order valence-corrected chi connectivity index (χ3v) is 3.75. The second kappa shape index (κ2) is 5.24. The van der Waals surface area contributed by atoms with Gasteiger partial charge in [-0.2, -0.15) is 0 Å². The lowest BCUT2D eigenvalue weighted by molar-refractivity contribution is 0.0693. The van der Waals surface area contributed by atoms with Gasteiger partial charge >= 0.3 is 0 Å². The van der Waals surface area contributed by atoms with Crippen molar-refractivity contribution in [2.45, 2.75) is 6.92 Å². The number of benzene rings is 2. The van der Waals surface area contributed by atoms with Crippen molar-refractivity contribution in [3.8, 4) is 5.75 Å². The molecule has 6 heteroatoms. The standard InChI is InChI=1S/C17H14N2O4/c1-9-3-6-14(20)13(7-9)18-15(21)10-4-5-11-12(8-10)17(23)19(2)16(11)22/h3-8,20H,1-2H3,(H,18,21). The molecule has 3 rings (SSSR count). The van der Waals surface area contributed by atoms with Crippen molar-refractivity contribution < 1.29 is 19.5 Å². The summed E-state index contributed by atoms with van der Waals surface area (Å²) in [6, 6.07) is 9.19. The van der Waals surface area contributed by atoms with Crippen molar-refractivity contribution in [1.29, 1.82) is 0 Å². The Morgan fingerprint density at radius 1 is 1.04 bits per heavy atom. The summed E-state index contributed by atoms with van der Waals surface area (Å²) in [5.41, 5.74) is 1.90. The highest BCUT2D eigenvalue weighted by molar-refractivity contribution is 6.22. The molecule has 0 radical (unpaired) electrons. The number of fused-ring (bicyclic) bond motifs is 1. The SMILES string of the molecule is Cc1ccc(O)c(NC(=O)c2ccc3c(c2)C(=O)N(C)C3=O)c1. The average Bonchev–Trinajstić information content (AvgIpc) is 2.75. The van der Waals surface area contributed by atoms with Crippen LogP contribution >= 0.6 is 0 Å². The lowest BCUT2D eigenvalue weighted by Gasteiger charge is -2.08. The quantitative estimate of drug-likeness (QED) is 0.657. The summed E-state index contributed by atoms with van der Waals surface area (Å²) in [5, 5.41) is 12.4. The van der Waals surface area contributed by atoms with Crippen molar-refractivity contribution in [1.82, 2.24) is 4.90 Å². The zero-order chi connectivity index (χ0) is 16.7. The van der Waals surface area contributed by atoms with Gasteiger partial charge in [-0.1, -0.05) is 6.07 Å². The number of carbonyl (C=O) groups excluding carboxylic acids is 3. The van der Waals surface area contributed by atoms with Gasteiger partial charge in [-0.3, -0.25) is 19.3 Å². The number of rotatable bonds is 2. The molecule has 1 heterocycles. The van der Waals surface area contributed by atoms with Gasteiger partial charge in [0, 0.05) is 12.6 Å². The van der Waals surface area contributed by atoms with Gasteiger partial charge < -0.3 is 10.4 Å². The second-order valence-corrected chi connectivity index (χ2v) is 5.40. The number of phenolic OH excluding ortho intramolecular Hbond substituents is 1. The summed E-state index contributed by atoms with van der Waals surface area (Å²) in [4.78, 5) is 37.1. The fraction of sp³-hybridized carbons (Fsp3) is 0.118. The van der Waals surface area contributed by atoms with E-state index in [9.17, 15) is 19.5 Å². The molecule has 0 aromatic heterocycles. The second-order valence-electron chi connectivity index (χ2n) is 5.40. The molecule has 0 saturated carbocycles. The minimum Gasteiger partial charge on any atom is -0.506 e. The van der Waals surface area contributed by atoms with Gasteiger partial charge in [0.25, 0.3) is 17.7 Å². The predicted molar refractivity (Wildman–Crippen MR) is 83.7 cm³/mol. The van der Waals surface area contributed by atoms with E-state index in [0.29, 0.717) is 0 Å². The molecule has 6 nitrogen and oxygen atoms in total. The number of aromatic hydroxyl groups is 1. The molecule has 1 aliphatic heterocycles. The van der Waals surface area contributed by atoms with E-state index in [0.717, 1.165) is 10.5 Å². The zero-order valence-corrected chi connectivity index (χ0v) is 12.6. The first kappa shape index (κ1) is 14.8. The maximum absolute atomic E-state index is 12.3. The molecule has 0 bridgehead atoms. The summed E-state index contributed by atoms with van der Waals surface area (Å²) in [6.07, 6.45) is 0. The summed E-state index contributed by atoms with van der Waals surface area (Å²) >= 11 is 0. The molecule has 23 heavy (non-hydrogen) atoms. The molecule has 0 atom stereocenters. The van der Waals surface area contributed by atoms with Crippen molar-refractivity contribution in [3.05, 3.63) is 58.7 Å². The largest absolute Gasteiger partial charge is 0.506 e.